The Morgan fingerprint density at radius 3 is 2.47 bits per heavy atom. The molecule has 0 aromatic carbocycles. The van der Waals surface area contributed by atoms with Gasteiger partial charge in [-0.3, -0.25) is 4.90 Å². The first kappa shape index (κ1) is 20.5. The Hall–Kier alpha value is -1.44. The van der Waals surface area contributed by atoms with Crippen molar-refractivity contribution < 1.29 is 9.47 Å². The van der Waals surface area contributed by atoms with E-state index < -0.39 is 0 Å². The van der Waals surface area contributed by atoms with E-state index in [0.29, 0.717) is 12.1 Å². The molecule has 1 saturated carbocycles. The lowest BCUT2D eigenvalue weighted by atomic mass is 9.88. The van der Waals surface area contributed by atoms with Gasteiger partial charge >= 0.3 is 0 Å². The van der Waals surface area contributed by atoms with Crippen LogP contribution in [0.5, 0.6) is 0 Å². The van der Waals surface area contributed by atoms with Gasteiger partial charge in [-0.25, -0.2) is 4.98 Å². The van der Waals surface area contributed by atoms with E-state index in [2.05, 4.69) is 26.2 Å². The molecule has 30 heavy (non-hydrogen) atoms. The van der Waals surface area contributed by atoms with Gasteiger partial charge in [-0.15, -0.1) is 0 Å². The fourth-order valence-electron chi connectivity index (χ4n) is 5.73. The van der Waals surface area contributed by atoms with E-state index in [-0.39, 0.29) is 5.79 Å². The summed E-state index contributed by atoms with van der Waals surface area (Å²) in [6, 6.07) is 3.14. The fraction of sp³-hybridized carbons (Fsp3) is 0.826. The Morgan fingerprint density at radius 2 is 1.70 bits per heavy atom. The molecule has 1 atom stereocenters. The molecular formula is C23H37N5O2. The molecule has 1 aromatic heterocycles. The van der Waals surface area contributed by atoms with E-state index in [1.807, 2.05) is 6.20 Å². The smallest absolute Gasteiger partial charge is 0.224 e. The van der Waals surface area contributed by atoms with Gasteiger partial charge in [-0.05, 0) is 51.1 Å². The minimum Gasteiger partial charge on any atom is -0.356 e. The maximum absolute atomic E-state index is 5.91. The van der Waals surface area contributed by atoms with Crippen molar-refractivity contribution in [3.63, 3.8) is 0 Å². The fourth-order valence-corrected chi connectivity index (χ4v) is 5.73. The van der Waals surface area contributed by atoms with Crippen LogP contribution >= 0.6 is 0 Å². The third-order valence-corrected chi connectivity index (χ3v) is 7.40. The number of rotatable bonds is 4. The quantitative estimate of drug-likeness (QED) is 0.808. The van der Waals surface area contributed by atoms with Crippen LogP contribution in [0.25, 0.3) is 0 Å². The van der Waals surface area contributed by atoms with Gasteiger partial charge in [0.1, 0.15) is 5.82 Å². The number of likely N-dealkylation sites (tertiary alicyclic amines) is 1. The van der Waals surface area contributed by atoms with Crippen LogP contribution in [0.1, 0.15) is 64.2 Å². The van der Waals surface area contributed by atoms with Gasteiger partial charge in [-0.1, -0.05) is 12.8 Å². The molecule has 0 amide bonds. The van der Waals surface area contributed by atoms with Crippen molar-refractivity contribution in [1.29, 1.82) is 0 Å². The second-order valence-corrected chi connectivity index (χ2v) is 9.46. The molecule has 3 aliphatic heterocycles. The highest BCUT2D eigenvalue weighted by molar-refractivity contribution is 5.43. The lowest BCUT2D eigenvalue weighted by molar-refractivity contribution is -0.184. The van der Waals surface area contributed by atoms with E-state index >= 15 is 0 Å². The van der Waals surface area contributed by atoms with Crippen LogP contribution in [0.15, 0.2) is 12.3 Å². The largest absolute Gasteiger partial charge is 0.356 e. The van der Waals surface area contributed by atoms with Crippen molar-refractivity contribution in [1.82, 2.24) is 14.9 Å². The lowest BCUT2D eigenvalue weighted by Gasteiger charge is -2.43. The molecule has 1 spiro atoms. The van der Waals surface area contributed by atoms with Crippen LogP contribution in [0, 0.1) is 0 Å². The Bertz CT molecular complexity index is 678. The minimum atomic E-state index is -0.258. The number of nitrogens with one attached hydrogen (secondary N) is 1. The van der Waals surface area contributed by atoms with Crippen molar-refractivity contribution >= 4 is 11.8 Å². The second-order valence-electron chi connectivity index (χ2n) is 9.46. The van der Waals surface area contributed by atoms with E-state index in [1.54, 1.807) is 0 Å². The monoisotopic (exact) mass is 415 g/mol. The molecule has 1 aliphatic carbocycles. The highest BCUT2D eigenvalue weighted by atomic mass is 16.7. The van der Waals surface area contributed by atoms with Gasteiger partial charge in [0.15, 0.2) is 5.79 Å². The van der Waals surface area contributed by atoms with Gasteiger partial charge in [0.05, 0.1) is 13.2 Å². The predicted octanol–water partition coefficient (Wildman–Crippen LogP) is 3.42. The third-order valence-electron chi connectivity index (χ3n) is 7.40. The number of anilines is 2. The zero-order valence-electron chi connectivity index (χ0n) is 18.2. The molecule has 166 valence electrons. The van der Waals surface area contributed by atoms with Crippen LogP contribution in [-0.2, 0) is 9.47 Å². The third kappa shape index (κ3) is 4.73. The van der Waals surface area contributed by atoms with Crippen LogP contribution in [-0.4, -0.2) is 72.1 Å². The Balaban J connectivity index is 1.16. The average Bonchev–Trinajstić information content (AvgIpc) is 3.06. The first-order chi connectivity index (χ1) is 14.8. The SMILES string of the molecule is c1cc(N2CCCCCC2)nc(NC2CCCN(C3CCC4(CC3)OCCO4)C2)n1. The maximum Gasteiger partial charge on any atom is 0.224 e. The molecule has 7 heteroatoms. The summed E-state index contributed by atoms with van der Waals surface area (Å²) >= 11 is 0. The van der Waals surface area contributed by atoms with Crippen LogP contribution < -0.4 is 10.2 Å². The van der Waals surface area contributed by atoms with Crippen molar-refractivity contribution in [2.75, 3.05) is 49.6 Å². The molecule has 1 unspecified atom stereocenters. The molecule has 0 bridgehead atoms. The normalized spacial score (nSPS) is 28.5. The minimum absolute atomic E-state index is 0.258. The standard InChI is InChI=1S/C23H37N5O2/c1-2-4-14-27(13-3-1)21-9-12-24-22(26-21)25-19-6-5-15-28(18-19)20-7-10-23(11-8-20)29-16-17-30-23/h9,12,19-20H,1-8,10-11,13-18H2,(H,24,25,26). The highest BCUT2D eigenvalue weighted by Crippen LogP contribution is 2.38. The molecule has 1 N–H and O–H groups in total. The van der Waals surface area contributed by atoms with Crippen LogP contribution in [0.2, 0.25) is 0 Å². The number of aromatic nitrogens is 2. The molecule has 7 nitrogen and oxygen atoms in total. The number of nitrogens with zero attached hydrogens (tertiary/aromatic N) is 4. The molecular weight excluding hydrogens is 378 g/mol. The number of piperidine rings is 1. The molecule has 4 aliphatic rings. The Morgan fingerprint density at radius 1 is 0.933 bits per heavy atom. The van der Waals surface area contributed by atoms with E-state index in [4.69, 9.17) is 14.5 Å². The molecule has 4 fully saturated rings. The first-order valence-corrected chi connectivity index (χ1v) is 12.2. The summed E-state index contributed by atoms with van der Waals surface area (Å²) < 4.78 is 11.8. The van der Waals surface area contributed by atoms with Gasteiger partial charge in [-0.2, -0.15) is 4.98 Å². The molecule has 5 rings (SSSR count). The van der Waals surface area contributed by atoms with E-state index in [1.165, 1.54) is 57.9 Å². The van der Waals surface area contributed by atoms with Gasteiger partial charge in [0.25, 0.3) is 0 Å². The van der Waals surface area contributed by atoms with Gasteiger partial charge in [0, 0.05) is 50.8 Å². The lowest BCUT2D eigenvalue weighted by Crippen LogP contribution is -2.50. The first-order valence-electron chi connectivity index (χ1n) is 12.2. The summed E-state index contributed by atoms with van der Waals surface area (Å²) in [5, 5.41) is 3.65. The molecule has 1 aromatic rings. The van der Waals surface area contributed by atoms with Gasteiger partial charge in [0.2, 0.25) is 5.95 Å². The summed E-state index contributed by atoms with van der Waals surface area (Å²) in [4.78, 5) is 14.5. The Kier molecular flexibility index (Phi) is 6.39. The molecule has 3 saturated heterocycles. The van der Waals surface area contributed by atoms with Crippen molar-refractivity contribution in [2.45, 2.75) is 82.1 Å². The van der Waals surface area contributed by atoms with Crippen molar-refractivity contribution in [2.24, 2.45) is 0 Å². The average molecular weight is 416 g/mol. The van der Waals surface area contributed by atoms with Crippen molar-refractivity contribution in [3.8, 4) is 0 Å². The number of hydrogen-bond acceptors (Lipinski definition) is 7. The number of hydrogen-bond donors (Lipinski definition) is 1. The second kappa shape index (κ2) is 9.37. The Labute approximate surface area is 180 Å². The van der Waals surface area contributed by atoms with E-state index in [0.717, 1.165) is 57.5 Å². The number of ether oxygens (including phenoxy) is 2. The van der Waals surface area contributed by atoms with E-state index in [9.17, 15) is 0 Å². The summed E-state index contributed by atoms with van der Waals surface area (Å²) in [6.07, 6.45) is 14.0. The highest BCUT2D eigenvalue weighted by Gasteiger charge is 2.42. The predicted molar refractivity (Wildman–Crippen MR) is 118 cm³/mol. The summed E-state index contributed by atoms with van der Waals surface area (Å²) in [5.41, 5.74) is 0. The summed E-state index contributed by atoms with van der Waals surface area (Å²) in [7, 11) is 0. The summed E-state index contributed by atoms with van der Waals surface area (Å²) in [5.74, 6) is 1.61. The summed E-state index contributed by atoms with van der Waals surface area (Å²) in [6.45, 7) is 6.03. The van der Waals surface area contributed by atoms with Crippen molar-refractivity contribution in [3.05, 3.63) is 12.3 Å². The zero-order valence-corrected chi connectivity index (χ0v) is 18.2. The molecule has 4 heterocycles. The van der Waals surface area contributed by atoms with Gasteiger partial charge < -0.3 is 19.7 Å². The maximum atomic E-state index is 5.91. The van der Waals surface area contributed by atoms with Crippen LogP contribution in [0.3, 0.4) is 0 Å². The van der Waals surface area contributed by atoms with Crippen LogP contribution in [0.4, 0.5) is 11.8 Å². The zero-order chi connectivity index (χ0) is 20.2. The molecule has 0 radical (unpaired) electrons. The topological polar surface area (TPSA) is 62.8 Å².